The summed E-state index contributed by atoms with van der Waals surface area (Å²) in [6.07, 6.45) is 0. The van der Waals surface area contributed by atoms with Gasteiger partial charge in [-0.15, -0.1) is 11.8 Å². The first-order valence-electron chi connectivity index (χ1n) is 11.6. The molecule has 0 atom stereocenters. The molecule has 4 rings (SSSR count). The van der Waals surface area contributed by atoms with Gasteiger partial charge in [0.1, 0.15) is 5.82 Å². The molecule has 0 saturated heterocycles. The minimum Gasteiger partial charge on any atom is -0.455 e. The van der Waals surface area contributed by atoms with E-state index in [4.69, 9.17) is 10.5 Å². The SMILES string of the molecule is CCN(C(=O)COC(=O)CSc1ccc2ccccc2c1)c1c(N)n(Cc2ccccc2)c(=O)[nH]c1=O. The Kier molecular flexibility index (Phi) is 8.09. The van der Waals surface area contributed by atoms with E-state index < -0.39 is 29.7 Å². The van der Waals surface area contributed by atoms with E-state index in [1.807, 2.05) is 72.8 Å². The van der Waals surface area contributed by atoms with Crippen LogP contribution in [-0.4, -0.2) is 40.3 Å². The van der Waals surface area contributed by atoms with Crippen LogP contribution in [0.1, 0.15) is 12.5 Å². The number of likely N-dealkylation sites (N-methyl/N-ethyl adjacent to an activating group) is 1. The maximum absolute atomic E-state index is 12.9. The number of hydrogen-bond donors (Lipinski definition) is 2. The van der Waals surface area contributed by atoms with Crippen molar-refractivity contribution in [2.24, 2.45) is 0 Å². The van der Waals surface area contributed by atoms with Crippen LogP contribution < -0.4 is 21.9 Å². The molecule has 0 saturated carbocycles. The van der Waals surface area contributed by atoms with Crippen molar-refractivity contribution in [1.82, 2.24) is 9.55 Å². The summed E-state index contributed by atoms with van der Waals surface area (Å²) in [6.45, 7) is 1.28. The zero-order chi connectivity index (χ0) is 26.4. The molecule has 1 aromatic heterocycles. The number of carbonyl (C=O) groups excluding carboxylic acids is 2. The summed E-state index contributed by atoms with van der Waals surface area (Å²) in [7, 11) is 0. The number of thioether (sulfide) groups is 1. The number of nitrogens with one attached hydrogen (secondary N) is 1. The summed E-state index contributed by atoms with van der Waals surface area (Å²) in [4.78, 5) is 54.5. The van der Waals surface area contributed by atoms with E-state index in [2.05, 4.69) is 4.98 Å². The van der Waals surface area contributed by atoms with Gasteiger partial charge >= 0.3 is 11.7 Å². The zero-order valence-corrected chi connectivity index (χ0v) is 21.0. The van der Waals surface area contributed by atoms with E-state index >= 15 is 0 Å². The van der Waals surface area contributed by atoms with Crippen LogP contribution in [0.4, 0.5) is 11.5 Å². The predicted molar refractivity (Wildman–Crippen MR) is 145 cm³/mol. The number of benzene rings is 3. The fourth-order valence-corrected chi connectivity index (χ4v) is 4.62. The molecular formula is C27H26N4O5S. The third-order valence-corrected chi connectivity index (χ3v) is 6.69. The molecular weight excluding hydrogens is 492 g/mol. The quantitative estimate of drug-likeness (QED) is 0.258. The van der Waals surface area contributed by atoms with Crippen LogP contribution in [0.3, 0.4) is 0 Å². The second-order valence-electron chi connectivity index (χ2n) is 8.16. The lowest BCUT2D eigenvalue weighted by Gasteiger charge is -2.23. The third-order valence-electron chi connectivity index (χ3n) is 5.72. The van der Waals surface area contributed by atoms with Gasteiger partial charge < -0.3 is 15.4 Å². The van der Waals surface area contributed by atoms with E-state index in [9.17, 15) is 19.2 Å². The number of nitrogens with zero attached hydrogens (tertiary/aromatic N) is 2. The molecule has 0 fully saturated rings. The molecule has 0 aliphatic rings. The highest BCUT2D eigenvalue weighted by Crippen LogP contribution is 2.24. The first kappa shape index (κ1) is 25.8. The van der Waals surface area contributed by atoms with Gasteiger partial charge in [0.15, 0.2) is 12.3 Å². The molecule has 0 unspecified atom stereocenters. The number of fused-ring (bicyclic) bond motifs is 1. The second-order valence-corrected chi connectivity index (χ2v) is 9.21. The molecule has 9 nitrogen and oxygen atoms in total. The Hall–Kier alpha value is -4.31. The molecule has 10 heteroatoms. The Labute approximate surface area is 216 Å². The highest BCUT2D eigenvalue weighted by molar-refractivity contribution is 8.00. The number of hydrogen-bond acceptors (Lipinski definition) is 7. The number of carbonyl (C=O) groups is 2. The number of nitrogens with two attached hydrogens (primary N) is 1. The van der Waals surface area contributed by atoms with Crippen LogP contribution in [-0.2, 0) is 20.9 Å². The Morgan fingerprint density at radius 3 is 2.43 bits per heavy atom. The Morgan fingerprint density at radius 1 is 1.00 bits per heavy atom. The first-order valence-corrected chi connectivity index (χ1v) is 12.6. The number of rotatable bonds is 9. The van der Waals surface area contributed by atoms with Gasteiger partial charge in [-0.2, -0.15) is 0 Å². The summed E-state index contributed by atoms with van der Waals surface area (Å²) in [5.74, 6) is -1.33. The molecule has 4 aromatic rings. The second kappa shape index (κ2) is 11.6. The summed E-state index contributed by atoms with van der Waals surface area (Å²) in [6, 6.07) is 22.9. The van der Waals surface area contributed by atoms with Crippen LogP contribution in [0.15, 0.2) is 87.3 Å². The van der Waals surface area contributed by atoms with E-state index in [1.165, 1.54) is 16.3 Å². The number of nitrogen functional groups attached to an aromatic ring is 1. The first-order chi connectivity index (χ1) is 17.9. The van der Waals surface area contributed by atoms with Gasteiger partial charge in [-0.05, 0) is 35.4 Å². The standard InChI is InChI=1S/C27H26N4O5S/c1-2-30(24-25(28)31(27(35)29-26(24)34)15-18-8-4-3-5-9-18)22(32)16-36-23(33)17-37-21-13-12-19-10-6-7-11-20(19)14-21/h3-14H,2,15-17,28H2,1H3,(H,29,34,35). The Balaban J connectivity index is 1.42. The van der Waals surface area contributed by atoms with E-state index in [0.717, 1.165) is 26.1 Å². The van der Waals surface area contributed by atoms with Gasteiger partial charge in [-0.3, -0.25) is 23.9 Å². The van der Waals surface area contributed by atoms with Crippen LogP contribution in [0.2, 0.25) is 0 Å². The van der Waals surface area contributed by atoms with Crippen molar-refractivity contribution in [3.63, 3.8) is 0 Å². The average molecular weight is 519 g/mol. The Morgan fingerprint density at radius 2 is 1.70 bits per heavy atom. The van der Waals surface area contributed by atoms with Gasteiger partial charge in [0.05, 0.1) is 12.3 Å². The number of anilines is 2. The highest BCUT2D eigenvalue weighted by Gasteiger charge is 2.24. The predicted octanol–water partition coefficient (Wildman–Crippen LogP) is 3.01. The van der Waals surface area contributed by atoms with Crippen molar-refractivity contribution in [3.8, 4) is 0 Å². The topological polar surface area (TPSA) is 127 Å². The third kappa shape index (κ3) is 6.10. The van der Waals surface area contributed by atoms with Crippen LogP contribution in [0, 0.1) is 0 Å². The lowest BCUT2D eigenvalue weighted by atomic mass is 10.1. The molecule has 37 heavy (non-hydrogen) atoms. The largest absolute Gasteiger partial charge is 0.455 e. The highest BCUT2D eigenvalue weighted by atomic mass is 32.2. The molecule has 0 radical (unpaired) electrons. The molecule has 0 aliphatic heterocycles. The molecule has 0 spiro atoms. The molecule has 3 aromatic carbocycles. The molecule has 1 amide bonds. The normalized spacial score (nSPS) is 10.8. The number of amides is 1. The van der Waals surface area contributed by atoms with Crippen molar-refractivity contribution in [2.45, 2.75) is 18.4 Å². The summed E-state index contributed by atoms with van der Waals surface area (Å²) < 4.78 is 6.36. The zero-order valence-electron chi connectivity index (χ0n) is 20.2. The monoisotopic (exact) mass is 518 g/mol. The molecule has 3 N–H and O–H groups in total. The lowest BCUT2D eigenvalue weighted by Crippen LogP contribution is -2.42. The van der Waals surface area contributed by atoms with Crippen LogP contribution in [0.25, 0.3) is 10.8 Å². The number of aromatic nitrogens is 2. The minimum absolute atomic E-state index is 0.0163. The Bertz CT molecular complexity index is 1550. The average Bonchev–Trinajstić information content (AvgIpc) is 2.91. The van der Waals surface area contributed by atoms with Gasteiger partial charge in [0.2, 0.25) is 0 Å². The number of esters is 1. The van der Waals surface area contributed by atoms with Crippen molar-refractivity contribution in [1.29, 1.82) is 0 Å². The smallest absolute Gasteiger partial charge is 0.330 e. The molecule has 0 bridgehead atoms. The number of H-pyrrole nitrogens is 1. The van der Waals surface area contributed by atoms with Gasteiger partial charge in [0, 0.05) is 11.4 Å². The van der Waals surface area contributed by atoms with Crippen molar-refractivity contribution >= 4 is 45.9 Å². The van der Waals surface area contributed by atoms with Gasteiger partial charge in [0.25, 0.3) is 11.5 Å². The minimum atomic E-state index is -0.791. The summed E-state index contributed by atoms with van der Waals surface area (Å²) in [5.41, 5.74) is 5.35. The molecule has 1 heterocycles. The van der Waals surface area contributed by atoms with Crippen molar-refractivity contribution in [3.05, 3.63) is 99.2 Å². The summed E-state index contributed by atoms with van der Waals surface area (Å²) >= 11 is 1.30. The van der Waals surface area contributed by atoms with Gasteiger partial charge in [-0.25, -0.2) is 4.79 Å². The maximum Gasteiger partial charge on any atom is 0.330 e. The number of ether oxygens (including phenoxy) is 1. The van der Waals surface area contributed by atoms with Gasteiger partial charge in [-0.1, -0.05) is 60.7 Å². The fraction of sp³-hybridized carbons (Fsp3) is 0.185. The van der Waals surface area contributed by atoms with Crippen LogP contribution >= 0.6 is 11.8 Å². The molecule has 0 aliphatic carbocycles. The van der Waals surface area contributed by atoms with E-state index in [0.29, 0.717) is 0 Å². The van der Waals surface area contributed by atoms with Crippen molar-refractivity contribution in [2.75, 3.05) is 29.5 Å². The summed E-state index contributed by atoms with van der Waals surface area (Å²) in [5, 5.41) is 2.16. The van der Waals surface area contributed by atoms with E-state index in [-0.39, 0.29) is 30.3 Å². The van der Waals surface area contributed by atoms with Crippen molar-refractivity contribution < 1.29 is 14.3 Å². The molecule has 190 valence electrons. The lowest BCUT2D eigenvalue weighted by molar-refractivity contribution is -0.145. The number of aromatic amines is 1. The van der Waals surface area contributed by atoms with E-state index in [1.54, 1.807) is 6.92 Å². The maximum atomic E-state index is 12.9. The van der Waals surface area contributed by atoms with Crippen LogP contribution in [0.5, 0.6) is 0 Å². The fourth-order valence-electron chi connectivity index (χ4n) is 3.88.